The Morgan fingerprint density at radius 3 is 2.55 bits per heavy atom. The lowest BCUT2D eigenvalue weighted by atomic mass is 10.0. The summed E-state index contributed by atoms with van der Waals surface area (Å²) in [4.78, 5) is 27.1. The molecule has 3 aromatic carbocycles. The molecule has 1 heterocycles. The zero-order valence-corrected chi connectivity index (χ0v) is 16.8. The van der Waals surface area contributed by atoms with Crippen LogP contribution in [0.4, 0.5) is 21.5 Å². The number of nitrogens with two attached hydrogens (primary N) is 1. The molecule has 4 rings (SSSR count). The number of nitrogen functional groups attached to an aromatic ring is 1. The third-order valence-electron chi connectivity index (χ3n) is 5.26. The Labute approximate surface area is 179 Å². The number of anilines is 3. The second kappa shape index (κ2) is 8.87. The van der Waals surface area contributed by atoms with Crippen molar-refractivity contribution in [2.75, 3.05) is 22.9 Å². The number of carbonyl (C=O) groups excluding carboxylic acids is 2. The molecule has 0 fully saturated rings. The normalized spacial score (nSPS) is 15.2. The number of halogens is 1. The second-order valence-corrected chi connectivity index (χ2v) is 7.35. The van der Waals surface area contributed by atoms with Crippen LogP contribution in [0.15, 0.2) is 72.8 Å². The minimum absolute atomic E-state index is 0.196. The summed E-state index contributed by atoms with van der Waals surface area (Å²) in [6.07, 6.45) is -0.0421. The predicted octanol–water partition coefficient (Wildman–Crippen LogP) is 4.39. The van der Waals surface area contributed by atoms with Crippen molar-refractivity contribution in [2.24, 2.45) is 0 Å². The molecule has 7 heteroatoms. The van der Waals surface area contributed by atoms with Crippen LogP contribution in [-0.2, 0) is 4.79 Å². The van der Waals surface area contributed by atoms with Crippen molar-refractivity contribution in [1.29, 1.82) is 0 Å². The van der Waals surface area contributed by atoms with Crippen LogP contribution in [0.5, 0.6) is 0 Å². The quantitative estimate of drug-likeness (QED) is 0.518. The highest BCUT2D eigenvalue weighted by Gasteiger charge is 2.33. The summed E-state index contributed by atoms with van der Waals surface area (Å²) in [5.41, 5.74) is 8.48. The van der Waals surface area contributed by atoms with Gasteiger partial charge in [-0.1, -0.05) is 42.5 Å². The van der Waals surface area contributed by atoms with Gasteiger partial charge in [0.1, 0.15) is 12.0 Å². The van der Waals surface area contributed by atoms with E-state index in [1.807, 2.05) is 6.07 Å². The first kappa shape index (κ1) is 20.4. The third-order valence-corrected chi connectivity index (χ3v) is 5.26. The molecule has 1 atom stereocenters. The van der Waals surface area contributed by atoms with Gasteiger partial charge in [-0.2, -0.15) is 0 Å². The molecule has 2 amide bonds. The maximum absolute atomic E-state index is 14.5. The van der Waals surface area contributed by atoms with Gasteiger partial charge in [0.25, 0.3) is 5.91 Å². The number of amides is 2. The monoisotopic (exact) mass is 418 g/mol. The minimum Gasteiger partial charge on any atom is -0.397 e. The number of hydrogen-bond donors (Lipinski definition) is 3. The van der Waals surface area contributed by atoms with Gasteiger partial charge >= 0.3 is 0 Å². The number of carbonyl (C=O) groups is 2. The molecule has 0 saturated heterocycles. The molecule has 0 radical (unpaired) electrons. The van der Waals surface area contributed by atoms with Gasteiger partial charge in [0.05, 0.1) is 16.9 Å². The Hall–Kier alpha value is -3.87. The van der Waals surface area contributed by atoms with Crippen molar-refractivity contribution in [3.05, 3.63) is 89.7 Å². The highest BCUT2D eigenvalue weighted by molar-refractivity contribution is 6.01. The molecule has 6 nitrogen and oxygen atoms in total. The zero-order chi connectivity index (χ0) is 21.8. The summed E-state index contributed by atoms with van der Waals surface area (Å²) in [5, 5.41) is 6.05. The molecular formula is C24H23FN4O2. The van der Waals surface area contributed by atoms with Crippen molar-refractivity contribution in [1.82, 2.24) is 4.90 Å². The summed E-state index contributed by atoms with van der Waals surface area (Å²) >= 11 is 0. The van der Waals surface area contributed by atoms with Gasteiger partial charge in [-0.25, -0.2) is 4.39 Å². The van der Waals surface area contributed by atoms with Gasteiger partial charge in [0, 0.05) is 24.2 Å². The van der Waals surface area contributed by atoms with E-state index >= 15 is 0 Å². The molecule has 0 spiro atoms. The van der Waals surface area contributed by atoms with E-state index in [4.69, 9.17) is 5.73 Å². The van der Waals surface area contributed by atoms with E-state index in [9.17, 15) is 14.0 Å². The van der Waals surface area contributed by atoms with Crippen LogP contribution < -0.4 is 16.4 Å². The number of fused-ring (bicyclic) bond motifs is 1. The van der Waals surface area contributed by atoms with Gasteiger partial charge in [0.15, 0.2) is 0 Å². The van der Waals surface area contributed by atoms with Crippen LogP contribution in [-0.4, -0.2) is 23.3 Å². The van der Waals surface area contributed by atoms with Gasteiger partial charge in [-0.15, -0.1) is 0 Å². The van der Waals surface area contributed by atoms with Crippen LogP contribution >= 0.6 is 0 Å². The molecule has 4 N–H and O–H groups in total. The molecule has 31 heavy (non-hydrogen) atoms. The van der Waals surface area contributed by atoms with E-state index < -0.39 is 12.0 Å². The molecule has 0 bridgehead atoms. The van der Waals surface area contributed by atoms with E-state index in [2.05, 4.69) is 10.6 Å². The van der Waals surface area contributed by atoms with Crippen molar-refractivity contribution in [3.8, 4) is 0 Å². The molecule has 3 aromatic rings. The molecule has 1 aliphatic rings. The maximum Gasteiger partial charge on any atom is 0.257 e. The number of hydrogen-bond acceptors (Lipinski definition) is 4. The number of rotatable bonds is 6. The van der Waals surface area contributed by atoms with Gasteiger partial charge in [-0.3, -0.25) is 9.59 Å². The zero-order valence-electron chi connectivity index (χ0n) is 16.8. The fraction of sp³-hybridized carbons (Fsp3) is 0.167. The smallest absolute Gasteiger partial charge is 0.257 e. The fourth-order valence-corrected chi connectivity index (χ4v) is 3.70. The number of benzene rings is 3. The van der Waals surface area contributed by atoms with Crippen LogP contribution in [0, 0.1) is 5.82 Å². The van der Waals surface area contributed by atoms with Gasteiger partial charge < -0.3 is 21.3 Å². The largest absolute Gasteiger partial charge is 0.397 e. The van der Waals surface area contributed by atoms with Crippen molar-refractivity contribution in [3.63, 3.8) is 0 Å². The maximum atomic E-state index is 14.5. The number of nitrogens with zero attached hydrogens (tertiary/aromatic N) is 1. The third kappa shape index (κ3) is 4.35. The standard InChI is InChI=1S/C24H23FN4O2/c25-18-10-3-1-8-16(18)23-28-20-12-5-2-9-17(20)24(31)29(23)15-7-14-22(30)27-21-13-6-4-11-19(21)26/h1-6,8-13,23,28H,7,14-15,26H2,(H,27,30). The first-order valence-corrected chi connectivity index (χ1v) is 10.1. The van der Waals surface area contributed by atoms with E-state index in [-0.39, 0.29) is 24.8 Å². The summed E-state index contributed by atoms with van der Waals surface area (Å²) in [5.74, 6) is -0.789. The lowest BCUT2D eigenvalue weighted by molar-refractivity contribution is -0.116. The van der Waals surface area contributed by atoms with E-state index in [0.717, 1.165) is 0 Å². The molecule has 158 valence electrons. The highest BCUT2D eigenvalue weighted by atomic mass is 19.1. The second-order valence-electron chi connectivity index (χ2n) is 7.35. The average molecular weight is 418 g/mol. The first-order chi connectivity index (χ1) is 15.0. The molecular weight excluding hydrogens is 395 g/mol. The van der Waals surface area contributed by atoms with E-state index in [0.29, 0.717) is 34.6 Å². The fourth-order valence-electron chi connectivity index (χ4n) is 3.70. The molecule has 0 saturated carbocycles. The van der Waals surface area contributed by atoms with E-state index in [1.54, 1.807) is 65.6 Å². The molecule has 1 unspecified atom stereocenters. The topological polar surface area (TPSA) is 87.5 Å². The number of nitrogens with one attached hydrogen (secondary N) is 2. The summed E-state index contributed by atoms with van der Waals surface area (Å²) in [6.45, 7) is 0.289. The molecule has 1 aliphatic heterocycles. The molecule has 0 aliphatic carbocycles. The highest BCUT2D eigenvalue weighted by Crippen LogP contribution is 2.34. The van der Waals surface area contributed by atoms with Crippen LogP contribution in [0.1, 0.15) is 34.9 Å². The predicted molar refractivity (Wildman–Crippen MR) is 119 cm³/mol. The Morgan fingerprint density at radius 2 is 1.74 bits per heavy atom. The minimum atomic E-state index is -0.656. The first-order valence-electron chi connectivity index (χ1n) is 10.1. The average Bonchev–Trinajstić information content (AvgIpc) is 2.77. The summed E-state index contributed by atoms with van der Waals surface area (Å²) in [7, 11) is 0. The van der Waals surface area contributed by atoms with Gasteiger partial charge in [-0.05, 0) is 36.8 Å². The van der Waals surface area contributed by atoms with Crippen LogP contribution in [0.3, 0.4) is 0 Å². The van der Waals surface area contributed by atoms with Crippen molar-refractivity contribution < 1.29 is 14.0 Å². The lowest BCUT2D eigenvalue weighted by Crippen LogP contribution is -2.44. The van der Waals surface area contributed by atoms with Crippen molar-refractivity contribution >= 4 is 28.9 Å². The van der Waals surface area contributed by atoms with Gasteiger partial charge in [0.2, 0.25) is 5.91 Å². The number of para-hydroxylation sites is 3. The van der Waals surface area contributed by atoms with E-state index in [1.165, 1.54) is 6.07 Å². The summed E-state index contributed by atoms with van der Waals surface area (Å²) < 4.78 is 14.5. The summed E-state index contributed by atoms with van der Waals surface area (Å²) in [6, 6.07) is 20.6. The Kier molecular flexibility index (Phi) is 5.84. The Morgan fingerprint density at radius 1 is 1.03 bits per heavy atom. The SMILES string of the molecule is Nc1ccccc1NC(=O)CCCN1C(=O)c2ccccc2NC1c1ccccc1F. The van der Waals surface area contributed by atoms with Crippen molar-refractivity contribution in [2.45, 2.75) is 19.0 Å². The van der Waals surface area contributed by atoms with Crippen LogP contribution in [0.2, 0.25) is 0 Å². The Balaban J connectivity index is 1.49. The molecule has 0 aromatic heterocycles. The van der Waals surface area contributed by atoms with Crippen LogP contribution in [0.25, 0.3) is 0 Å². The lowest BCUT2D eigenvalue weighted by Gasteiger charge is -2.38. The Bertz CT molecular complexity index is 1120.